The van der Waals surface area contributed by atoms with Gasteiger partial charge >= 0.3 is 0 Å². The van der Waals surface area contributed by atoms with E-state index in [1.54, 1.807) is 42.5 Å². The molecular formula is C19H12ClFN2O3. The Balaban J connectivity index is 1.47. The Kier molecular flexibility index (Phi) is 4.41. The van der Waals surface area contributed by atoms with E-state index in [1.165, 1.54) is 12.1 Å². The van der Waals surface area contributed by atoms with Gasteiger partial charge in [0.25, 0.3) is 5.89 Å². The van der Waals surface area contributed by atoms with Crippen molar-refractivity contribution in [3.8, 4) is 28.8 Å². The molecule has 26 heavy (non-hydrogen) atoms. The van der Waals surface area contributed by atoms with Crippen molar-refractivity contribution in [2.24, 2.45) is 0 Å². The van der Waals surface area contributed by atoms with Crippen molar-refractivity contribution in [2.75, 3.05) is 0 Å². The van der Waals surface area contributed by atoms with Crippen LogP contribution in [0.5, 0.6) is 5.75 Å². The second-order valence-electron chi connectivity index (χ2n) is 5.44. The molecular weight excluding hydrogens is 359 g/mol. The standard InChI is InChI=1S/C19H12ClFN2O3/c20-13-2-1-3-15(10-13)24-11-16-8-9-17(25-16)19-22-18(23-26-19)12-4-6-14(21)7-5-12/h1-10H,11H2. The monoisotopic (exact) mass is 370 g/mol. The molecule has 4 aromatic rings. The van der Waals surface area contributed by atoms with Gasteiger partial charge < -0.3 is 13.7 Å². The Morgan fingerprint density at radius 1 is 1.04 bits per heavy atom. The molecule has 0 atom stereocenters. The van der Waals surface area contributed by atoms with Gasteiger partial charge in [-0.15, -0.1) is 0 Å². The number of rotatable bonds is 5. The second-order valence-corrected chi connectivity index (χ2v) is 5.88. The fraction of sp³-hybridized carbons (Fsp3) is 0.0526. The van der Waals surface area contributed by atoms with Crippen molar-refractivity contribution in [3.05, 3.63) is 77.3 Å². The van der Waals surface area contributed by atoms with E-state index >= 15 is 0 Å². The molecule has 0 bridgehead atoms. The third kappa shape index (κ3) is 3.60. The van der Waals surface area contributed by atoms with Gasteiger partial charge in [-0.3, -0.25) is 0 Å². The Labute approximate surface area is 153 Å². The summed E-state index contributed by atoms with van der Waals surface area (Å²) in [5.74, 6) is 1.93. The van der Waals surface area contributed by atoms with Crippen molar-refractivity contribution in [3.63, 3.8) is 0 Å². The molecule has 7 heteroatoms. The zero-order chi connectivity index (χ0) is 17.9. The summed E-state index contributed by atoms with van der Waals surface area (Å²) in [7, 11) is 0. The normalized spacial score (nSPS) is 10.8. The molecule has 0 saturated carbocycles. The zero-order valence-corrected chi connectivity index (χ0v) is 14.1. The zero-order valence-electron chi connectivity index (χ0n) is 13.4. The van der Waals surface area contributed by atoms with Crippen LogP contribution < -0.4 is 4.74 Å². The second kappa shape index (κ2) is 7.01. The predicted octanol–water partition coefficient (Wildman–Crippen LogP) is 5.37. The molecule has 4 rings (SSSR count). The number of hydrogen-bond donors (Lipinski definition) is 0. The van der Waals surface area contributed by atoms with E-state index in [0.717, 1.165) is 0 Å². The van der Waals surface area contributed by atoms with Crippen LogP contribution in [0.3, 0.4) is 0 Å². The lowest BCUT2D eigenvalue weighted by Crippen LogP contribution is -1.93. The number of aromatic nitrogens is 2. The summed E-state index contributed by atoms with van der Waals surface area (Å²) in [6.07, 6.45) is 0. The summed E-state index contributed by atoms with van der Waals surface area (Å²) in [6, 6.07) is 16.4. The molecule has 0 spiro atoms. The largest absolute Gasteiger partial charge is 0.486 e. The highest BCUT2D eigenvalue weighted by molar-refractivity contribution is 6.30. The minimum Gasteiger partial charge on any atom is -0.486 e. The number of benzene rings is 2. The van der Waals surface area contributed by atoms with Gasteiger partial charge in [-0.25, -0.2) is 4.39 Å². The SMILES string of the molecule is Fc1ccc(-c2noc(-c3ccc(COc4cccc(Cl)c4)o3)n2)cc1. The Hall–Kier alpha value is -3.12. The van der Waals surface area contributed by atoms with E-state index in [4.69, 9.17) is 25.3 Å². The molecule has 130 valence electrons. The molecule has 0 fully saturated rings. The Bertz CT molecular complexity index is 1030. The lowest BCUT2D eigenvalue weighted by Gasteiger charge is -2.03. The molecule has 0 amide bonds. The quantitative estimate of drug-likeness (QED) is 0.472. The van der Waals surface area contributed by atoms with E-state index in [9.17, 15) is 4.39 Å². The molecule has 5 nitrogen and oxygen atoms in total. The highest BCUT2D eigenvalue weighted by Crippen LogP contribution is 2.25. The van der Waals surface area contributed by atoms with Crippen molar-refractivity contribution < 1.29 is 18.1 Å². The van der Waals surface area contributed by atoms with Crippen molar-refractivity contribution in [2.45, 2.75) is 6.61 Å². The maximum atomic E-state index is 13.0. The maximum Gasteiger partial charge on any atom is 0.293 e. The number of halogens is 2. The number of nitrogens with zero attached hydrogens (tertiary/aromatic N) is 2. The molecule has 0 unspecified atom stereocenters. The predicted molar refractivity (Wildman–Crippen MR) is 93.2 cm³/mol. The third-order valence-corrected chi connectivity index (χ3v) is 3.81. The molecule has 2 aromatic carbocycles. The van der Waals surface area contributed by atoms with E-state index in [1.807, 2.05) is 6.07 Å². The van der Waals surface area contributed by atoms with Crippen LogP contribution in [0.4, 0.5) is 4.39 Å². The number of ether oxygens (including phenoxy) is 1. The van der Waals surface area contributed by atoms with Gasteiger partial charge in [-0.05, 0) is 54.6 Å². The van der Waals surface area contributed by atoms with Crippen molar-refractivity contribution >= 4 is 11.6 Å². The van der Waals surface area contributed by atoms with Crippen LogP contribution in [0, 0.1) is 5.82 Å². The summed E-state index contributed by atoms with van der Waals surface area (Å²) >= 11 is 5.92. The first-order chi connectivity index (χ1) is 12.7. The number of hydrogen-bond acceptors (Lipinski definition) is 5. The highest BCUT2D eigenvalue weighted by atomic mass is 35.5. The fourth-order valence-corrected chi connectivity index (χ4v) is 2.50. The van der Waals surface area contributed by atoms with Gasteiger partial charge in [-0.1, -0.05) is 22.8 Å². The summed E-state index contributed by atoms with van der Waals surface area (Å²) < 4.78 is 29.5. The van der Waals surface area contributed by atoms with Crippen LogP contribution >= 0.6 is 11.6 Å². The first-order valence-electron chi connectivity index (χ1n) is 7.74. The summed E-state index contributed by atoms with van der Waals surface area (Å²) in [5.41, 5.74) is 0.650. The molecule has 2 heterocycles. The van der Waals surface area contributed by atoms with Gasteiger partial charge in [0, 0.05) is 10.6 Å². The van der Waals surface area contributed by atoms with Gasteiger partial charge in [-0.2, -0.15) is 4.98 Å². The smallest absolute Gasteiger partial charge is 0.293 e. The summed E-state index contributed by atoms with van der Waals surface area (Å²) in [5, 5.41) is 4.49. The lowest BCUT2D eigenvalue weighted by molar-refractivity contribution is 0.270. The van der Waals surface area contributed by atoms with Gasteiger partial charge in [0.2, 0.25) is 5.82 Å². The van der Waals surface area contributed by atoms with Gasteiger partial charge in [0.15, 0.2) is 5.76 Å². The first-order valence-corrected chi connectivity index (χ1v) is 8.12. The molecule has 0 saturated heterocycles. The topological polar surface area (TPSA) is 61.3 Å². The Morgan fingerprint density at radius 3 is 2.69 bits per heavy atom. The minimum absolute atomic E-state index is 0.235. The molecule has 0 N–H and O–H groups in total. The van der Waals surface area contributed by atoms with E-state index in [2.05, 4.69) is 10.1 Å². The molecule has 0 aliphatic carbocycles. The van der Waals surface area contributed by atoms with E-state index in [0.29, 0.717) is 33.7 Å². The first kappa shape index (κ1) is 16.4. The van der Waals surface area contributed by atoms with Gasteiger partial charge in [0.1, 0.15) is 23.9 Å². The summed E-state index contributed by atoms with van der Waals surface area (Å²) in [4.78, 5) is 4.27. The van der Waals surface area contributed by atoms with Crippen LogP contribution in [-0.2, 0) is 6.61 Å². The van der Waals surface area contributed by atoms with Crippen molar-refractivity contribution in [1.29, 1.82) is 0 Å². The average Bonchev–Trinajstić information content (AvgIpc) is 3.30. The molecule has 0 aliphatic heterocycles. The molecule has 0 aliphatic rings. The van der Waals surface area contributed by atoms with Gasteiger partial charge in [0.05, 0.1) is 0 Å². The number of furan rings is 1. The Morgan fingerprint density at radius 2 is 1.88 bits per heavy atom. The lowest BCUT2D eigenvalue weighted by atomic mass is 10.2. The van der Waals surface area contributed by atoms with Crippen LogP contribution in [0.25, 0.3) is 23.0 Å². The van der Waals surface area contributed by atoms with E-state index in [-0.39, 0.29) is 18.3 Å². The molecule has 2 aromatic heterocycles. The average molecular weight is 371 g/mol. The van der Waals surface area contributed by atoms with Crippen molar-refractivity contribution in [1.82, 2.24) is 10.1 Å². The highest BCUT2D eigenvalue weighted by Gasteiger charge is 2.14. The summed E-state index contributed by atoms with van der Waals surface area (Å²) in [6.45, 7) is 0.235. The fourth-order valence-electron chi connectivity index (χ4n) is 2.32. The van der Waals surface area contributed by atoms with E-state index < -0.39 is 0 Å². The molecule has 0 radical (unpaired) electrons. The third-order valence-electron chi connectivity index (χ3n) is 3.58. The minimum atomic E-state index is -0.326. The van der Waals surface area contributed by atoms with Crippen LogP contribution in [0.2, 0.25) is 5.02 Å². The maximum absolute atomic E-state index is 13.0. The van der Waals surface area contributed by atoms with Crippen LogP contribution in [0.1, 0.15) is 5.76 Å². The van der Waals surface area contributed by atoms with Crippen LogP contribution in [-0.4, -0.2) is 10.1 Å². The van der Waals surface area contributed by atoms with Crippen LogP contribution in [0.15, 0.2) is 69.6 Å².